The van der Waals surface area contributed by atoms with Gasteiger partial charge in [-0.05, 0) is 31.4 Å². The van der Waals surface area contributed by atoms with Crippen LogP contribution in [0, 0.1) is 0 Å². The maximum absolute atomic E-state index is 3.59. The van der Waals surface area contributed by atoms with Crippen LogP contribution in [0.15, 0.2) is 30.3 Å². The van der Waals surface area contributed by atoms with Crippen molar-refractivity contribution in [1.29, 1.82) is 0 Å². The molecule has 0 saturated carbocycles. The van der Waals surface area contributed by atoms with Crippen LogP contribution in [0.5, 0.6) is 0 Å². The van der Waals surface area contributed by atoms with Gasteiger partial charge in [-0.3, -0.25) is 4.90 Å². The van der Waals surface area contributed by atoms with Gasteiger partial charge in [-0.1, -0.05) is 36.8 Å². The molecule has 92 valence electrons. The predicted octanol–water partition coefficient (Wildman–Crippen LogP) is 2.40. The summed E-state index contributed by atoms with van der Waals surface area (Å²) in [6, 6.07) is 12.5. The van der Waals surface area contributed by atoms with Gasteiger partial charge in [-0.15, -0.1) is 0 Å². The van der Waals surface area contributed by atoms with Gasteiger partial charge in [0.05, 0.1) is 0 Å². The Balaban J connectivity index is 1.76. The van der Waals surface area contributed by atoms with Gasteiger partial charge in [-0.2, -0.15) is 0 Å². The molecular weight excluding hydrogens is 208 g/mol. The zero-order chi connectivity index (χ0) is 11.5. The van der Waals surface area contributed by atoms with E-state index in [2.05, 4.69) is 40.5 Å². The molecule has 0 unspecified atom stereocenters. The van der Waals surface area contributed by atoms with E-state index in [0.29, 0.717) is 0 Å². The molecule has 0 aliphatic carbocycles. The van der Waals surface area contributed by atoms with Crippen molar-refractivity contribution in [3.63, 3.8) is 0 Å². The number of nitrogens with zero attached hydrogens (tertiary/aromatic N) is 1. The first-order valence-corrected chi connectivity index (χ1v) is 6.94. The zero-order valence-electron chi connectivity index (χ0n) is 10.4. The van der Waals surface area contributed by atoms with Gasteiger partial charge in [0.1, 0.15) is 0 Å². The average molecular weight is 230 g/mol. The molecule has 2 bridgehead atoms. The third kappa shape index (κ3) is 2.53. The Morgan fingerprint density at radius 2 is 1.88 bits per heavy atom. The van der Waals surface area contributed by atoms with Crippen molar-refractivity contribution >= 4 is 0 Å². The summed E-state index contributed by atoms with van der Waals surface area (Å²) < 4.78 is 0. The Kier molecular flexibility index (Phi) is 3.44. The van der Waals surface area contributed by atoms with Crippen LogP contribution in [-0.2, 0) is 6.54 Å². The number of hydrogen-bond acceptors (Lipinski definition) is 2. The predicted molar refractivity (Wildman–Crippen MR) is 70.9 cm³/mol. The molecule has 2 heterocycles. The second-order valence-corrected chi connectivity index (χ2v) is 5.39. The minimum absolute atomic E-state index is 0.761. The van der Waals surface area contributed by atoms with Crippen LogP contribution < -0.4 is 5.32 Å². The van der Waals surface area contributed by atoms with Crippen molar-refractivity contribution < 1.29 is 0 Å². The summed E-state index contributed by atoms with van der Waals surface area (Å²) in [6.07, 6.45) is 5.51. The monoisotopic (exact) mass is 230 g/mol. The number of rotatable bonds is 2. The molecule has 2 saturated heterocycles. The lowest BCUT2D eigenvalue weighted by Crippen LogP contribution is -2.47. The molecule has 0 spiro atoms. The van der Waals surface area contributed by atoms with Gasteiger partial charge >= 0.3 is 0 Å². The van der Waals surface area contributed by atoms with Crippen LogP contribution in [0.1, 0.15) is 31.2 Å². The van der Waals surface area contributed by atoms with Crippen molar-refractivity contribution in [3.8, 4) is 0 Å². The molecule has 1 N–H and O–H groups in total. The third-order valence-electron chi connectivity index (χ3n) is 4.26. The molecule has 2 atom stereocenters. The van der Waals surface area contributed by atoms with Gasteiger partial charge < -0.3 is 5.32 Å². The molecule has 0 aromatic heterocycles. The lowest BCUT2D eigenvalue weighted by Gasteiger charge is -2.40. The molecule has 2 aliphatic rings. The van der Waals surface area contributed by atoms with Gasteiger partial charge in [0.25, 0.3) is 0 Å². The van der Waals surface area contributed by atoms with E-state index in [-0.39, 0.29) is 0 Å². The van der Waals surface area contributed by atoms with E-state index < -0.39 is 0 Å². The normalized spacial score (nSPS) is 29.9. The van der Waals surface area contributed by atoms with E-state index >= 15 is 0 Å². The number of hydrogen-bond donors (Lipinski definition) is 1. The molecule has 0 amide bonds. The first-order chi connectivity index (χ1) is 8.43. The quantitative estimate of drug-likeness (QED) is 0.839. The molecule has 2 aliphatic heterocycles. The summed E-state index contributed by atoms with van der Waals surface area (Å²) in [6.45, 7) is 3.52. The molecule has 3 rings (SSSR count). The van der Waals surface area contributed by atoms with Gasteiger partial charge in [0.2, 0.25) is 0 Å². The molecular formula is C15H22N2. The summed E-state index contributed by atoms with van der Waals surface area (Å²) in [5.41, 5.74) is 1.46. The summed E-state index contributed by atoms with van der Waals surface area (Å²) in [5.74, 6) is 0. The van der Waals surface area contributed by atoms with Crippen LogP contribution >= 0.6 is 0 Å². The Bertz CT molecular complexity index is 335. The second-order valence-electron chi connectivity index (χ2n) is 5.39. The second kappa shape index (κ2) is 5.19. The van der Waals surface area contributed by atoms with E-state index in [1.165, 1.54) is 44.3 Å². The highest BCUT2D eigenvalue weighted by molar-refractivity contribution is 5.15. The molecule has 2 nitrogen and oxygen atoms in total. The third-order valence-corrected chi connectivity index (χ3v) is 4.26. The summed E-state index contributed by atoms with van der Waals surface area (Å²) in [7, 11) is 0. The highest BCUT2D eigenvalue weighted by Gasteiger charge is 2.31. The van der Waals surface area contributed by atoms with E-state index in [9.17, 15) is 0 Å². The van der Waals surface area contributed by atoms with Crippen molar-refractivity contribution in [2.24, 2.45) is 0 Å². The Morgan fingerprint density at radius 1 is 1.06 bits per heavy atom. The van der Waals surface area contributed by atoms with Crippen LogP contribution in [0.3, 0.4) is 0 Å². The summed E-state index contributed by atoms with van der Waals surface area (Å²) in [4.78, 5) is 2.75. The first kappa shape index (κ1) is 11.2. The maximum atomic E-state index is 3.59. The minimum Gasteiger partial charge on any atom is -0.315 e. The lowest BCUT2D eigenvalue weighted by atomic mass is 9.94. The fraction of sp³-hybridized carbons (Fsp3) is 0.600. The average Bonchev–Trinajstić information content (AvgIpc) is 2.49. The van der Waals surface area contributed by atoms with Crippen LogP contribution in [0.4, 0.5) is 0 Å². The van der Waals surface area contributed by atoms with Gasteiger partial charge in [-0.25, -0.2) is 0 Å². The van der Waals surface area contributed by atoms with E-state index in [1.807, 2.05) is 0 Å². The smallest absolute Gasteiger partial charge is 0.0240 e. The summed E-state index contributed by atoms with van der Waals surface area (Å²) >= 11 is 0. The topological polar surface area (TPSA) is 15.3 Å². The van der Waals surface area contributed by atoms with Gasteiger partial charge in [0, 0.05) is 25.2 Å². The number of fused-ring (bicyclic) bond motifs is 2. The Labute approximate surface area is 104 Å². The Morgan fingerprint density at radius 3 is 2.76 bits per heavy atom. The van der Waals surface area contributed by atoms with Crippen LogP contribution in [0.25, 0.3) is 0 Å². The van der Waals surface area contributed by atoms with Crippen molar-refractivity contribution in [2.45, 2.75) is 44.3 Å². The SMILES string of the molecule is c1ccc(CN2[C@H]3CCC[C@H]2CNCC3)cc1. The maximum Gasteiger partial charge on any atom is 0.0240 e. The van der Waals surface area contributed by atoms with Crippen molar-refractivity contribution in [1.82, 2.24) is 10.2 Å². The molecule has 0 radical (unpaired) electrons. The molecule has 17 heavy (non-hydrogen) atoms. The van der Waals surface area contributed by atoms with Crippen molar-refractivity contribution in [3.05, 3.63) is 35.9 Å². The summed E-state index contributed by atoms with van der Waals surface area (Å²) in [5, 5.41) is 3.59. The molecule has 1 aromatic rings. The molecule has 2 heteroatoms. The highest BCUT2D eigenvalue weighted by atomic mass is 15.2. The zero-order valence-corrected chi connectivity index (χ0v) is 10.4. The fourth-order valence-electron chi connectivity index (χ4n) is 3.34. The fourth-order valence-corrected chi connectivity index (χ4v) is 3.34. The first-order valence-electron chi connectivity index (χ1n) is 6.94. The van der Waals surface area contributed by atoms with E-state index in [1.54, 1.807) is 0 Å². The van der Waals surface area contributed by atoms with E-state index in [4.69, 9.17) is 0 Å². The number of piperidine rings is 1. The number of nitrogens with one attached hydrogen (secondary N) is 1. The lowest BCUT2D eigenvalue weighted by molar-refractivity contribution is 0.0852. The van der Waals surface area contributed by atoms with E-state index in [0.717, 1.165) is 18.6 Å². The largest absolute Gasteiger partial charge is 0.315 e. The highest BCUT2D eigenvalue weighted by Crippen LogP contribution is 2.28. The van der Waals surface area contributed by atoms with Crippen molar-refractivity contribution in [2.75, 3.05) is 13.1 Å². The Hall–Kier alpha value is -0.860. The molecule has 1 aromatic carbocycles. The standard InChI is InChI=1S/C15H22N2/c1-2-5-13(6-3-1)12-17-14-7-4-8-15(17)11-16-10-9-14/h1-3,5-6,14-16H,4,7-12H2/t14-,15-/m0/s1. The van der Waals surface area contributed by atoms with Crippen LogP contribution in [-0.4, -0.2) is 30.1 Å². The number of benzene rings is 1. The molecule has 2 fully saturated rings. The minimum atomic E-state index is 0.761. The van der Waals surface area contributed by atoms with Gasteiger partial charge in [0.15, 0.2) is 0 Å². The van der Waals surface area contributed by atoms with Crippen LogP contribution in [0.2, 0.25) is 0 Å².